The molecule has 0 heterocycles. The molecule has 0 fully saturated rings. The zero-order valence-corrected chi connectivity index (χ0v) is 15.8. The third-order valence-corrected chi connectivity index (χ3v) is 4.30. The summed E-state index contributed by atoms with van der Waals surface area (Å²) >= 11 is 11.6. The Morgan fingerprint density at radius 2 is 1.64 bits per heavy atom. The number of nitro groups is 1. The first-order valence-corrected chi connectivity index (χ1v) is 8.70. The summed E-state index contributed by atoms with van der Waals surface area (Å²) in [5, 5.41) is 13.6. The van der Waals surface area contributed by atoms with E-state index < -0.39 is 29.2 Å². The van der Waals surface area contributed by atoms with E-state index in [-0.39, 0.29) is 34.8 Å². The molecule has 0 unspecified atom stereocenters. The molecule has 0 aliphatic carbocycles. The number of ketones is 1. The minimum absolute atomic E-state index is 0.0182. The van der Waals surface area contributed by atoms with Gasteiger partial charge in [-0.1, -0.05) is 23.2 Å². The summed E-state index contributed by atoms with van der Waals surface area (Å²) in [7, 11) is 0. The van der Waals surface area contributed by atoms with E-state index in [1.807, 2.05) is 0 Å². The second-order valence-corrected chi connectivity index (χ2v) is 6.34. The summed E-state index contributed by atoms with van der Waals surface area (Å²) in [5.41, 5.74) is 0.342. The monoisotopic (exact) mass is 424 g/mol. The van der Waals surface area contributed by atoms with E-state index in [9.17, 15) is 24.5 Å². The molecular weight excluding hydrogens is 411 g/mol. The fourth-order valence-electron chi connectivity index (χ4n) is 2.09. The maximum atomic E-state index is 12.0. The Morgan fingerprint density at radius 3 is 2.25 bits per heavy atom. The number of hydrogen-bond donors (Lipinski definition) is 1. The number of halogens is 2. The molecule has 1 amide bonds. The Bertz CT molecular complexity index is 915. The molecule has 0 spiro atoms. The van der Waals surface area contributed by atoms with Crippen molar-refractivity contribution in [2.45, 2.75) is 6.42 Å². The molecule has 0 aliphatic rings. The Kier molecular flexibility index (Phi) is 7.48. The van der Waals surface area contributed by atoms with Crippen molar-refractivity contribution >= 4 is 46.5 Å². The number of Topliss-reactive ketones (excluding diaryl/α,β-unsaturated/α-hetero) is 1. The first-order chi connectivity index (χ1) is 13.3. The smallest absolute Gasteiger partial charge is 0.308 e. The van der Waals surface area contributed by atoms with E-state index in [0.717, 1.165) is 0 Å². The molecule has 2 rings (SSSR count). The van der Waals surface area contributed by atoms with Crippen molar-refractivity contribution in [3.8, 4) is 0 Å². The van der Waals surface area contributed by atoms with Crippen LogP contribution in [0, 0.1) is 10.1 Å². The molecule has 10 heteroatoms. The van der Waals surface area contributed by atoms with Gasteiger partial charge in [-0.2, -0.15) is 0 Å². The van der Waals surface area contributed by atoms with Gasteiger partial charge in [-0.25, -0.2) is 0 Å². The van der Waals surface area contributed by atoms with Gasteiger partial charge in [-0.3, -0.25) is 24.5 Å². The zero-order valence-electron chi connectivity index (χ0n) is 14.3. The summed E-state index contributed by atoms with van der Waals surface area (Å²) in [6.45, 7) is -0.483. The Labute approximate surface area is 169 Å². The second kappa shape index (κ2) is 9.82. The molecule has 0 aromatic heterocycles. The number of nitro benzene ring substituents is 1. The van der Waals surface area contributed by atoms with Crippen molar-refractivity contribution in [3.63, 3.8) is 0 Å². The van der Waals surface area contributed by atoms with Crippen LogP contribution in [0.3, 0.4) is 0 Å². The predicted molar refractivity (Wildman–Crippen MR) is 102 cm³/mol. The highest BCUT2D eigenvalue weighted by Gasteiger charge is 2.13. The summed E-state index contributed by atoms with van der Waals surface area (Å²) in [6, 6.07) is 9.34. The largest absolute Gasteiger partial charge is 0.457 e. The van der Waals surface area contributed by atoms with Gasteiger partial charge < -0.3 is 10.1 Å². The SMILES string of the molecule is O=C(CCNC(=O)c1ccc([N+](=O)[O-])cc1)OCC(=O)c1ccc(Cl)c(Cl)c1. The number of esters is 1. The van der Waals surface area contributed by atoms with Crippen LogP contribution in [0.2, 0.25) is 10.0 Å². The summed E-state index contributed by atoms with van der Waals surface area (Å²) in [5.74, 6) is -1.60. The van der Waals surface area contributed by atoms with Crippen molar-refractivity contribution in [1.82, 2.24) is 5.32 Å². The van der Waals surface area contributed by atoms with Gasteiger partial charge in [0.05, 0.1) is 21.4 Å². The highest BCUT2D eigenvalue weighted by molar-refractivity contribution is 6.42. The van der Waals surface area contributed by atoms with E-state index in [1.54, 1.807) is 0 Å². The zero-order chi connectivity index (χ0) is 20.7. The molecule has 0 atom stereocenters. The minimum Gasteiger partial charge on any atom is -0.457 e. The number of hydrogen-bond acceptors (Lipinski definition) is 6. The number of nitrogens with one attached hydrogen (secondary N) is 1. The van der Waals surface area contributed by atoms with Crippen LogP contribution in [-0.2, 0) is 9.53 Å². The molecule has 2 aromatic carbocycles. The van der Waals surface area contributed by atoms with Crippen LogP contribution >= 0.6 is 23.2 Å². The number of nitrogens with zero attached hydrogens (tertiary/aromatic N) is 1. The predicted octanol–water partition coefficient (Wildman–Crippen LogP) is 3.45. The molecule has 1 N–H and O–H groups in total. The van der Waals surface area contributed by atoms with Crippen LogP contribution in [0.15, 0.2) is 42.5 Å². The van der Waals surface area contributed by atoms with E-state index in [1.165, 1.54) is 42.5 Å². The number of ether oxygens (including phenoxy) is 1. The van der Waals surface area contributed by atoms with Gasteiger partial charge in [0.15, 0.2) is 12.4 Å². The van der Waals surface area contributed by atoms with Gasteiger partial charge in [0.25, 0.3) is 11.6 Å². The lowest BCUT2D eigenvalue weighted by atomic mass is 10.1. The van der Waals surface area contributed by atoms with E-state index in [0.29, 0.717) is 5.02 Å². The lowest BCUT2D eigenvalue weighted by Crippen LogP contribution is -2.27. The normalized spacial score (nSPS) is 10.2. The lowest BCUT2D eigenvalue weighted by Gasteiger charge is -2.07. The molecular formula is C18H14Cl2N2O6. The van der Waals surface area contributed by atoms with Crippen LogP contribution in [-0.4, -0.2) is 35.7 Å². The molecule has 8 nitrogen and oxygen atoms in total. The summed E-state index contributed by atoms with van der Waals surface area (Å²) in [6.07, 6.45) is -0.145. The number of amides is 1. The van der Waals surface area contributed by atoms with Crippen molar-refractivity contribution in [2.24, 2.45) is 0 Å². The molecule has 0 radical (unpaired) electrons. The topological polar surface area (TPSA) is 116 Å². The lowest BCUT2D eigenvalue weighted by molar-refractivity contribution is -0.384. The van der Waals surface area contributed by atoms with Crippen LogP contribution in [0.25, 0.3) is 0 Å². The van der Waals surface area contributed by atoms with Gasteiger partial charge in [-0.15, -0.1) is 0 Å². The van der Waals surface area contributed by atoms with Gasteiger partial charge in [0, 0.05) is 29.8 Å². The number of non-ortho nitro benzene ring substituents is 1. The Morgan fingerprint density at radius 1 is 1.00 bits per heavy atom. The molecule has 0 bridgehead atoms. The van der Waals surface area contributed by atoms with E-state index in [4.69, 9.17) is 27.9 Å². The first kappa shape index (κ1) is 21.3. The van der Waals surface area contributed by atoms with Crippen LogP contribution in [0.4, 0.5) is 5.69 Å². The van der Waals surface area contributed by atoms with Crippen LogP contribution in [0.5, 0.6) is 0 Å². The van der Waals surface area contributed by atoms with Crippen LogP contribution in [0.1, 0.15) is 27.1 Å². The highest BCUT2D eigenvalue weighted by atomic mass is 35.5. The van der Waals surface area contributed by atoms with E-state index >= 15 is 0 Å². The van der Waals surface area contributed by atoms with Crippen molar-refractivity contribution in [1.29, 1.82) is 0 Å². The molecule has 0 aliphatic heterocycles. The average molecular weight is 425 g/mol. The summed E-state index contributed by atoms with van der Waals surface area (Å²) in [4.78, 5) is 45.6. The standard InChI is InChI=1S/C18H14Cl2N2O6/c19-14-6-3-12(9-15(14)20)16(23)10-28-17(24)7-8-21-18(25)11-1-4-13(5-2-11)22(26)27/h1-6,9H,7-8,10H2,(H,21,25). The van der Waals surface area contributed by atoms with Crippen LogP contribution < -0.4 is 5.32 Å². The van der Waals surface area contributed by atoms with Crippen molar-refractivity contribution in [2.75, 3.05) is 13.2 Å². The second-order valence-electron chi connectivity index (χ2n) is 5.52. The Balaban J connectivity index is 1.74. The fourth-order valence-corrected chi connectivity index (χ4v) is 2.38. The Hall–Kier alpha value is -2.97. The molecule has 2 aromatic rings. The average Bonchev–Trinajstić information content (AvgIpc) is 2.68. The van der Waals surface area contributed by atoms with Crippen molar-refractivity contribution in [3.05, 3.63) is 73.8 Å². The van der Waals surface area contributed by atoms with Crippen molar-refractivity contribution < 1.29 is 24.0 Å². The number of rotatable bonds is 8. The molecule has 146 valence electrons. The van der Waals surface area contributed by atoms with Gasteiger partial charge >= 0.3 is 5.97 Å². The third-order valence-electron chi connectivity index (χ3n) is 3.56. The van der Waals surface area contributed by atoms with Gasteiger partial charge in [0.2, 0.25) is 0 Å². The van der Waals surface area contributed by atoms with E-state index in [2.05, 4.69) is 5.32 Å². The highest BCUT2D eigenvalue weighted by Crippen LogP contribution is 2.22. The molecule has 28 heavy (non-hydrogen) atoms. The number of carbonyl (C=O) groups excluding carboxylic acids is 3. The quantitative estimate of drug-likeness (QED) is 0.300. The van der Waals surface area contributed by atoms with Gasteiger partial charge in [0.1, 0.15) is 0 Å². The fraction of sp³-hybridized carbons (Fsp3) is 0.167. The maximum absolute atomic E-state index is 12.0. The molecule has 0 saturated carbocycles. The minimum atomic E-state index is -0.669. The number of carbonyl (C=O) groups is 3. The molecule has 0 saturated heterocycles. The summed E-state index contributed by atoms with van der Waals surface area (Å²) < 4.78 is 4.87. The van der Waals surface area contributed by atoms with Gasteiger partial charge in [-0.05, 0) is 30.3 Å². The number of benzene rings is 2. The maximum Gasteiger partial charge on any atom is 0.308 e. The first-order valence-electron chi connectivity index (χ1n) is 7.94. The third kappa shape index (κ3) is 6.04.